The van der Waals surface area contributed by atoms with Crippen LogP contribution in [0.5, 0.6) is 0 Å². The second-order valence-electron chi connectivity index (χ2n) is 7.45. The molecule has 1 fully saturated rings. The zero-order chi connectivity index (χ0) is 17.4. The summed E-state index contributed by atoms with van der Waals surface area (Å²) in [5.74, 6) is 2.68. The van der Waals surface area contributed by atoms with Crippen molar-refractivity contribution in [1.29, 1.82) is 0 Å². The first-order valence-corrected chi connectivity index (χ1v) is 9.40. The Labute approximate surface area is 169 Å². The first kappa shape index (κ1) is 22.2. The predicted octanol–water partition coefficient (Wildman–Crippen LogP) is 3.23. The molecule has 0 unspecified atom stereocenters. The van der Waals surface area contributed by atoms with Crippen LogP contribution in [0.15, 0.2) is 11.3 Å². The fourth-order valence-electron chi connectivity index (χ4n) is 3.97. The van der Waals surface area contributed by atoms with E-state index in [-0.39, 0.29) is 24.0 Å². The molecule has 144 valence electrons. The van der Waals surface area contributed by atoms with Crippen molar-refractivity contribution in [3.05, 3.63) is 12.2 Å². The van der Waals surface area contributed by atoms with Gasteiger partial charge in [0.05, 0.1) is 0 Å². The zero-order valence-electron chi connectivity index (χ0n) is 16.2. The number of nitrogens with one attached hydrogen (secondary N) is 2. The van der Waals surface area contributed by atoms with Crippen LogP contribution in [-0.2, 0) is 13.0 Å². The Morgan fingerprint density at radius 1 is 1.32 bits per heavy atom. The SMILES string of the molecule is CCc1nncn1CCNC(=NC)NCC1(CC(C)C)CCCC1.I. The Hall–Kier alpha value is -0.860. The molecule has 0 spiro atoms. The molecule has 0 saturated heterocycles. The Bertz CT molecular complexity index is 519. The van der Waals surface area contributed by atoms with E-state index in [1.807, 2.05) is 7.05 Å². The predicted molar refractivity (Wildman–Crippen MR) is 115 cm³/mol. The third-order valence-corrected chi connectivity index (χ3v) is 5.02. The van der Waals surface area contributed by atoms with Crippen molar-refractivity contribution in [3.8, 4) is 0 Å². The van der Waals surface area contributed by atoms with Crippen LogP contribution in [0.2, 0.25) is 0 Å². The summed E-state index contributed by atoms with van der Waals surface area (Å²) in [6, 6.07) is 0. The van der Waals surface area contributed by atoms with Gasteiger partial charge in [0, 0.05) is 33.1 Å². The number of aryl methyl sites for hydroxylation is 1. The normalized spacial score (nSPS) is 16.8. The molecule has 0 aliphatic heterocycles. The van der Waals surface area contributed by atoms with Crippen molar-refractivity contribution in [1.82, 2.24) is 25.4 Å². The number of hydrogen-bond donors (Lipinski definition) is 2. The van der Waals surface area contributed by atoms with Crippen molar-refractivity contribution in [2.75, 3.05) is 20.1 Å². The van der Waals surface area contributed by atoms with Gasteiger partial charge in [0.15, 0.2) is 5.96 Å². The number of guanidine groups is 1. The van der Waals surface area contributed by atoms with E-state index in [4.69, 9.17) is 0 Å². The van der Waals surface area contributed by atoms with Crippen LogP contribution in [0.4, 0.5) is 0 Å². The fourth-order valence-corrected chi connectivity index (χ4v) is 3.97. The fraction of sp³-hybridized carbons (Fsp3) is 0.833. The Balaban J connectivity index is 0.00000312. The molecule has 1 aromatic heterocycles. The smallest absolute Gasteiger partial charge is 0.191 e. The monoisotopic (exact) mass is 462 g/mol. The molecule has 25 heavy (non-hydrogen) atoms. The summed E-state index contributed by atoms with van der Waals surface area (Å²) in [5, 5.41) is 15.1. The average molecular weight is 462 g/mol. The van der Waals surface area contributed by atoms with Gasteiger partial charge in [-0.3, -0.25) is 4.99 Å². The lowest BCUT2D eigenvalue weighted by molar-refractivity contribution is 0.235. The van der Waals surface area contributed by atoms with Gasteiger partial charge in [-0.25, -0.2) is 0 Å². The molecule has 1 aromatic rings. The molecule has 0 radical (unpaired) electrons. The van der Waals surface area contributed by atoms with E-state index < -0.39 is 0 Å². The Morgan fingerprint density at radius 2 is 2.04 bits per heavy atom. The van der Waals surface area contributed by atoms with Crippen molar-refractivity contribution in [3.63, 3.8) is 0 Å². The van der Waals surface area contributed by atoms with Crippen LogP contribution in [0.3, 0.4) is 0 Å². The third kappa shape index (κ3) is 6.75. The van der Waals surface area contributed by atoms with Gasteiger partial charge in [0.2, 0.25) is 0 Å². The van der Waals surface area contributed by atoms with Gasteiger partial charge >= 0.3 is 0 Å². The minimum Gasteiger partial charge on any atom is -0.356 e. The largest absolute Gasteiger partial charge is 0.356 e. The van der Waals surface area contributed by atoms with Crippen LogP contribution in [0.1, 0.15) is 58.7 Å². The zero-order valence-corrected chi connectivity index (χ0v) is 18.5. The summed E-state index contributed by atoms with van der Waals surface area (Å²) in [6.07, 6.45) is 9.43. The second-order valence-corrected chi connectivity index (χ2v) is 7.45. The molecule has 0 atom stereocenters. The third-order valence-electron chi connectivity index (χ3n) is 5.02. The number of rotatable bonds is 8. The van der Waals surface area contributed by atoms with Crippen molar-refractivity contribution < 1.29 is 0 Å². The van der Waals surface area contributed by atoms with Crippen molar-refractivity contribution >= 4 is 29.9 Å². The summed E-state index contributed by atoms with van der Waals surface area (Å²) in [4.78, 5) is 4.37. The quantitative estimate of drug-likeness (QED) is 0.354. The van der Waals surface area contributed by atoms with Gasteiger partial charge in [-0.05, 0) is 30.6 Å². The van der Waals surface area contributed by atoms with E-state index in [0.29, 0.717) is 5.41 Å². The average Bonchev–Trinajstić information content (AvgIpc) is 3.19. The van der Waals surface area contributed by atoms with E-state index in [2.05, 4.69) is 51.2 Å². The van der Waals surface area contributed by atoms with E-state index in [1.165, 1.54) is 32.1 Å². The molecule has 1 aliphatic carbocycles. The summed E-state index contributed by atoms with van der Waals surface area (Å²) in [7, 11) is 1.84. The van der Waals surface area contributed by atoms with E-state index in [0.717, 1.165) is 43.8 Å². The minimum atomic E-state index is 0. The Morgan fingerprint density at radius 3 is 2.64 bits per heavy atom. The lowest BCUT2D eigenvalue weighted by Gasteiger charge is -2.32. The van der Waals surface area contributed by atoms with Gasteiger partial charge in [0.25, 0.3) is 0 Å². The highest BCUT2D eigenvalue weighted by Crippen LogP contribution is 2.42. The van der Waals surface area contributed by atoms with E-state index in [9.17, 15) is 0 Å². The molecule has 0 amide bonds. The van der Waals surface area contributed by atoms with Crippen molar-refractivity contribution in [2.24, 2.45) is 16.3 Å². The van der Waals surface area contributed by atoms with Gasteiger partial charge in [0.1, 0.15) is 12.2 Å². The number of nitrogens with zero attached hydrogens (tertiary/aromatic N) is 4. The van der Waals surface area contributed by atoms with Gasteiger partial charge in [-0.2, -0.15) is 0 Å². The highest BCUT2D eigenvalue weighted by atomic mass is 127. The maximum Gasteiger partial charge on any atom is 0.191 e. The first-order valence-electron chi connectivity index (χ1n) is 9.40. The molecule has 0 bridgehead atoms. The second kappa shape index (κ2) is 11.0. The number of aliphatic imine (C=N–C) groups is 1. The molecule has 2 N–H and O–H groups in total. The van der Waals surface area contributed by atoms with E-state index >= 15 is 0 Å². The van der Waals surface area contributed by atoms with E-state index in [1.54, 1.807) is 6.33 Å². The van der Waals surface area contributed by atoms with Crippen LogP contribution < -0.4 is 10.6 Å². The minimum absolute atomic E-state index is 0. The topological polar surface area (TPSA) is 67.1 Å². The van der Waals surface area contributed by atoms with Crippen LogP contribution in [0, 0.1) is 11.3 Å². The maximum absolute atomic E-state index is 4.37. The summed E-state index contributed by atoms with van der Waals surface area (Å²) < 4.78 is 2.09. The number of aromatic nitrogens is 3. The molecule has 1 aliphatic rings. The molecular weight excluding hydrogens is 427 g/mol. The first-order chi connectivity index (χ1) is 11.6. The molecule has 2 rings (SSSR count). The Kier molecular flexibility index (Phi) is 9.74. The van der Waals surface area contributed by atoms with Gasteiger partial charge in [-0.15, -0.1) is 34.2 Å². The molecule has 7 heteroatoms. The van der Waals surface area contributed by atoms with Crippen LogP contribution in [-0.4, -0.2) is 40.9 Å². The molecule has 0 aromatic carbocycles. The van der Waals surface area contributed by atoms with Gasteiger partial charge < -0.3 is 15.2 Å². The summed E-state index contributed by atoms with van der Waals surface area (Å²) in [6.45, 7) is 9.47. The molecule has 1 heterocycles. The number of halogens is 1. The van der Waals surface area contributed by atoms with Crippen molar-refractivity contribution in [2.45, 2.75) is 65.8 Å². The molecule has 6 nitrogen and oxygen atoms in total. The molecular formula is C18H35IN6. The summed E-state index contributed by atoms with van der Waals surface area (Å²) >= 11 is 0. The lowest BCUT2D eigenvalue weighted by Crippen LogP contribution is -2.44. The van der Waals surface area contributed by atoms with Crippen LogP contribution in [0.25, 0.3) is 0 Å². The number of hydrogen-bond acceptors (Lipinski definition) is 3. The van der Waals surface area contributed by atoms with Gasteiger partial charge in [-0.1, -0.05) is 33.6 Å². The summed E-state index contributed by atoms with van der Waals surface area (Å²) in [5.41, 5.74) is 0.454. The maximum atomic E-state index is 4.37. The lowest BCUT2D eigenvalue weighted by atomic mass is 9.78. The highest BCUT2D eigenvalue weighted by molar-refractivity contribution is 14.0. The van der Waals surface area contributed by atoms with Crippen LogP contribution >= 0.6 is 24.0 Å². The highest BCUT2D eigenvalue weighted by Gasteiger charge is 2.34. The molecule has 1 saturated carbocycles. The standard InChI is InChI=1S/C18H34N6.HI/c1-5-16-23-22-14-24(16)11-10-20-17(19-4)21-13-18(12-15(2)3)8-6-7-9-18;/h14-15H,5-13H2,1-4H3,(H2,19,20,21);1H.